The van der Waals surface area contributed by atoms with Crippen LogP contribution in [0.15, 0.2) is 12.1 Å². The van der Waals surface area contributed by atoms with Crippen LogP contribution in [0.25, 0.3) is 0 Å². The average Bonchev–Trinajstić information content (AvgIpc) is 2.29. The Kier molecular flexibility index (Phi) is 4.93. The lowest BCUT2D eigenvalue weighted by Gasteiger charge is -2.12. The van der Waals surface area contributed by atoms with Gasteiger partial charge in [0.25, 0.3) is 0 Å². The molecule has 0 spiro atoms. The van der Waals surface area contributed by atoms with Crippen molar-refractivity contribution in [2.75, 3.05) is 20.2 Å². The van der Waals surface area contributed by atoms with E-state index >= 15 is 0 Å². The molecule has 0 aliphatic carbocycles. The Hall–Kier alpha value is -1.80. The number of likely N-dealkylation sites (N-methyl/N-ethyl adjacent to an activating group) is 1. The summed E-state index contributed by atoms with van der Waals surface area (Å²) in [5.74, 6) is -2.73. The molecule has 0 saturated carbocycles. The quantitative estimate of drug-likeness (QED) is 0.586. The lowest BCUT2D eigenvalue weighted by molar-refractivity contribution is -0.387. The SMILES string of the molecule is CNCC(O)COc1cc(F)c([N+](=O)[O-])cc1F. The van der Waals surface area contributed by atoms with E-state index < -0.39 is 34.1 Å². The number of rotatable bonds is 6. The van der Waals surface area contributed by atoms with Crippen LogP contribution in [0.5, 0.6) is 5.75 Å². The monoisotopic (exact) mass is 262 g/mol. The normalized spacial score (nSPS) is 12.2. The molecule has 0 radical (unpaired) electrons. The van der Waals surface area contributed by atoms with E-state index in [1.807, 2.05) is 0 Å². The van der Waals surface area contributed by atoms with Crippen LogP contribution >= 0.6 is 0 Å². The van der Waals surface area contributed by atoms with Crippen molar-refractivity contribution in [1.29, 1.82) is 0 Å². The molecule has 0 heterocycles. The van der Waals surface area contributed by atoms with E-state index in [1.54, 1.807) is 7.05 Å². The zero-order chi connectivity index (χ0) is 13.7. The van der Waals surface area contributed by atoms with Gasteiger partial charge in [-0.2, -0.15) is 4.39 Å². The topological polar surface area (TPSA) is 84.6 Å². The summed E-state index contributed by atoms with van der Waals surface area (Å²) in [7, 11) is 1.61. The summed E-state index contributed by atoms with van der Waals surface area (Å²) in [6.45, 7) is -0.0356. The molecule has 1 aromatic rings. The van der Waals surface area contributed by atoms with Gasteiger partial charge < -0.3 is 15.2 Å². The second kappa shape index (κ2) is 6.22. The van der Waals surface area contributed by atoms with E-state index in [0.717, 1.165) is 0 Å². The number of nitrogens with zero attached hydrogens (tertiary/aromatic N) is 1. The van der Waals surface area contributed by atoms with Gasteiger partial charge in [-0.25, -0.2) is 4.39 Å². The molecule has 0 aliphatic rings. The molecule has 2 N–H and O–H groups in total. The third kappa shape index (κ3) is 3.60. The summed E-state index contributed by atoms with van der Waals surface area (Å²) >= 11 is 0. The van der Waals surface area contributed by atoms with Gasteiger partial charge in [-0.1, -0.05) is 0 Å². The zero-order valence-corrected chi connectivity index (χ0v) is 9.52. The van der Waals surface area contributed by atoms with Gasteiger partial charge in [0, 0.05) is 12.6 Å². The fourth-order valence-corrected chi connectivity index (χ4v) is 1.25. The molecule has 0 bridgehead atoms. The first kappa shape index (κ1) is 14.3. The maximum absolute atomic E-state index is 13.3. The highest BCUT2D eigenvalue weighted by atomic mass is 19.1. The molecule has 0 saturated heterocycles. The Morgan fingerprint density at radius 3 is 2.72 bits per heavy atom. The second-order valence-electron chi connectivity index (χ2n) is 3.51. The van der Waals surface area contributed by atoms with E-state index in [2.05, 4.69) is 5.32 Å². The van der Waals surface area contributed by atoms with Gasteiger partial charge in [-0.15, -0.1) is 0 Å². The fraction of sp³-hybridized carbons (Fsp3) is 0.400. The van der Waals surface area contributed by atoms with Gasteiger partial charge >= 0.3 is 5.69 Å². The number of benzene rings is 1. The van der Waals surface area contributed by atoms with E-state index in [4.69, 9.17) is 4.74 Å². The lowest BCUT2D eigenvalue weighted by atomic mass is 10.2. The van der Waals surface area contributed by atoms with Crippen LogP contribution in [0.2, 0.25) is 0 Å². The Balaban J connectivity index is 2.79. The molecular weight excluding hydrogens is 250 g/mol. The Morgan fingerprint density at radius 1 is 1.50 bits per heavy atom. The lowest BCUT2D eigenvalue weighted by Crippen LogP contribution is -2.29. The maximum Gasteiger partial charge on any atom is 0.307 e. The van der Waals surface area contributed by atoms with Gasteiger partial charge in [0.15, 0.2) is 11.6 Å². The number of hydrogen-bond acceptors (Lipinski definition) is 5. The fourth-order valence-electron chi connectivity index (χ4n) is 1.25. The third-order valence-electron chi connectivity index (χ3n) is 2.07. The number of hydrogen-bond donors (Lipinski definition) is 2. The maximum atomic E-state index is 13.3. The zero-order valence-electron chi connectivity index (χ0n) is 9.52. The summed E-state index contributed by atoms with van der Waals surface area (Å²) < 4.78 is 31.4. The molecule has 1 atom stereocenters. The van der Waals surface area contributed by atoms with Gasteiger partial charge in [0.2, 0.25) is 5.82 Å². The van der Waals surface area contributed by atoms with E-state index in [9.17, 15) is 24.0 Å². The highest BCUT2D eigenvalue weighted by Crippen LogP contribution is 2.26. The van der Waals surface area contributed by atoms with Crippen molar-refractivity contribution >= 4 is 5.69 Å². The highest BCUT2D eigenvalue weighted by Gasteiger charge is 2.19. The molecule has 1 aromatic carbocycles. The number of aliphatic hydroxyl groups excluding tert-OH is 1. The van der Waals surface area contributed by atoms with E-state index in [0.29, 0.717) is 12.1 Å². The minimum absolute atomic E-state index is 0.219. The molecule has 0 aliphatic heterocycles. The van der Waals surface area contributed by atoms with Crippen molar-refractivity contribution in [3.63, 3.8) is 0 Å². The number of nitro benzene ring substituents is 1. The van der Waals surface area contributed by atoms with Crippen molar-refractivity contribution in [3.05, 3.63) is 33.9 Å². The van der Waals surface area contributed by atoms with Gasteiger partial charge in [-0.05, 0) is 7.05 Å². The number of ether oxygens (including phenoxy) is 1. The number of nitro groups is 1. The van der Waals surface area contributed by atoms with Crippen LogP contribution in [-0.2, 0) is 0 Å². The minimum Gasteiger partial charge on any atom is -0.488 e. The number of halogens is 2. The largest absolute Gasteiger partial charge is 0.488 e. The Labute approximate surface area is 101 Å². The van der Waals surface area contributed by atoms with Crippen LogP contribution in [0.4, 0.5) is 14.5 Å². The second-order valence-corrected chi connectivity index (χ2v) is 3.51. The summed E-state index contributed by atoms with van der Waals surface area (Å²) in [6, 6.07) is 1.02. The predicted octanol–water partition coefficient (Wildman–Crippen LogP) is 0.832. The number of aliphatic hydroxyl groups is 1. The van der Waals surface area contributed by atoms with Crippen molar-refractivity contribution in [3.8, 4) is 5.75 Å². The Bertz CT molecular complexity index is 442. The van der Waals surface area contributed by atoms with E-state index in [-0.39, 0.29) is 13.2 Å². The minimum atomic E-state index is -1.19. The standard InChI is InChI=1S/C10H12F2N2O4/c1-13-4-6(15)5-18-10-3-7(11)9(14(16)17)2-8(10)12/h2-3,6,13,15H,4-5H2,1H3. The first-order valence-corrected chi connectivity index (χ1v) is 5.04. The van der Waals surface area contributed by atoms with Crippen molar-refractivity contribution in [2.45, 2.75) is 6.10 Å². The summed E-state index contributed by atoms with van der Waals surface area (Å²) in [4.78, 5) is 9.32. The molecule has 0 fully saturated rings. The smallest absolute Gasteiger partial charge is 0.307 e. The van der Waals surface area contributed by atoms with Crippen molar-refractivity contribution in [1.82, 2.24) is 5.32 Å². The van der Waals surface area contributed by atoms with Crippen LogP contribution < -0.4 is 10.1 Å². The molecular formula is C10H12F2N2O4. The summed E-state index contributed by atoms with van der Waals surface area (Å²) in [5, 5.41) is 22.3. The van der Waals surface area contributed by atoms with Crippen molar-refractivity contribution < 1.29 is 23.5 Å². The van der Waals surface area contributed by atoms with Crippen LogP contribution in [0, 0.1) is 21.7 Å². The molecule has 0 amide bonds. The first-order valence-electron chi connectivity index (χ1n) is 5.04. The molecule has 8 heteroatoms. The average molecular weight is 262 g/mol. The first-order chi connectivity index (χ1) is 8.45. The summed E-state index contributed by atoms with van der Waals surface area (Å²) in [6.07, 6.45) is -0.896. The van der Waals surface area contributed by atoms with Gasteiger partial charge in [0.05, 0.1) is 11.0 Å². The van der Waals surface area contributed by atoms with Crippen LogP contribution in [0.1, 0.15) is 0 Å². The van der Waals surface area contributed by atoms with Crippen molar-refractivity contribution in [2.24, 2.45) is 0 Å². The molecule has 0 aromatic heterocycles. The molecule has 1 unspecified atom stereocenters. The van der Waals surface area contributed by atoms with Crippen LogP contribution in [0.3, 0.4) is 0 Å². The number of nitrogens with one attached hydrogen (secondary N) is 1. The summed E-state index contributed by atoms with van der Waals surface area (Å²) in [5.41, 5.74) is -0.962. The molecule has 1 rings (SSSR count). The molecule has 18 heavy (non-hydrogen) atoms. The molecule has 100 valence electrons. The van der Waals surface area contributed by atoms with Crippen LogP contribution in [-0.4, -0.2) is 36.3 Å². The molecule has 6 nitrogen and oxygen atoms in total. The van der Waals surface area contributed by atoms with E-state index in [1.165, 1.54) is 0 Å². The highest BCUT2D eigenvalue weighted by molar-refractivity contribution is 5.39. The van der Waals surface area contributed by atoms with Gasteiger partial charge in [-0.3, -0.25) is 10.1 Å². The third-order valence-corrected chi connectivity index (χ3v) is 2.07. The Morgan fingerprint density at radius 2 is 2.17 bits per heavy atom. The van der Waals surface area contributed by atoms with Gasteiger partial charge in [0.1, 0.15) is 12.7 Å². The predicted molar refractivity (Wildman–Crippen MR) is 58.4 cm³/mol.